The van der Waals surface area contributed by atoms with Crippen molar-refractivity contribution in [3.8, 4) is 5.75 Å². The first-order valence-electron chi connectivity index (χ1n) is 12.3. The number of piperidine rings is 3. The van der Waals surface area contributed by atoms with Gasteiger partial charge in [0, 0.05) is 18.8 Å². The predicted molar refractivity (Wildman–Crippen MR) is 130 cm³/mol. The number of aliphatic hydroxyl groups is 1. The summed E-state index contributed by atoms with van der Waals surface area (Å²) < 4.78 is 26.0. The number of quaternary nitrogens is 1. The molecule has 35 heavy (non-hydrogen) atoms. The van der Waals surface area contributed by atoms with Crippen LogP contribution >= 0.6 is 0 Å². The molecular formula is C29H31FNO4+. The second kappa shape index (κ2) is 9.80. The molecule has 3 saturated heterocycles. The third-order valence-corrected chi connectivity index (χ3v) is 7.63. The third kappa shape index (κ3) is 4.81. The fourth-order valence-corrected chi connectivity index (χ4v) is 5.54. The minimum Gasteiger partial charge on any atom is -0.488 e. The van der Waals surface area contributed by atoms with Crippen molar-refractivity contribution in [3.63, 3.8) is 0 Å². The number of rotatable bonds is 8. The van der Waals surface area contributed by atoms with E-state index < -0.39 is 11.6 Å². The van der Waals surface area contributed by atoms with Gasteiger partial charge in [0.15, 0.2) is 6.10 Å². The summed E-state index contributed by atoms with van der Waals surface area (Å²) in [6.07, 6.45) is 1.70. The molecule has 3 aliphatic heterocycles. The van der Waals surface area contributed by atoms with Crippen molar-refractivity contribution in [3.05, 3.63) is 102 Å². The Morgan fingerprint density at radius 1 is 0.914 bits per heavy atom. The van der Waals surface area contributed by atoms with Gasteiger partial charge in [-0.3, -0.25) is 0 Å². The van der Waals surface area contributed by atoms with E-state index in [2.05, 4.69) is 0 Å². The Hall–Kier alpha value is -3.22. The third-order valence-electron chi connectivity index (χ3n) is 7.63. The monoisotopic (exact) mass is 476 g/mol. The number of carbonyl (C=O) groups excluding carboxylic acids is 1. The molecule has 0 spiro atoms. The van der Waals surface area contributed by atoms with Crippen LogP contribution in [0, 0.1) is 11.7 Å². The summed E-state index contributed by atoms with van der Waals surface area (Å²) in [6.45, 7) is 4.05. The molecule has 6 heteroatoms. The smallest absolute Gasteiger partial charge is 0.348 e. The number of nitrogens with zero attached hydrogens (tertiary/aromatic N) is 1. The lowest BCUT2D eigenvalue weighted by Gasteiger charge is -2.52. The van der Waals surface area contributed by atoms with Crippen molar-refractivity contribution in [1.82, 2.24) is 0 Å². The van der Waals surface area contributed by atoms with Crippen LogP contribution in [0.25, 0.3) is 0 Å². The van der Waals surface area contributed by atoms with Crippen molar-refractivity contribution in [2.75, 3.05) is 32.8 Å². The minimum absolute atomic E-state index is 0.255. The molecule has 5 nitrogen and oxygen atoms in total. The van der Waals surface area contributed by atoms with Gasteiger partial charge in [-0.2, -0.15) is 0 Å². The summed E-state index contributed by atoms with van der Waals surface area (Å²) in [6, 6.07) is 24.0. The van der Waals surface area contributed by atoms with Gasteiger partial charge in [0.05, 0.1) is 13.1 Å². The molecule has 3 heterocycles. The number of ether oxygens (including phenoxy) is 2. The highest BCUT2D eigenvalue weighted by molar-refractivity contribution is 5.85. The molecule has 182 valence electrons. The maximum atomic E-state index is 13.6. The quantitative estimate of drug-likeness (QED) is 0.389. The van der Waals surface area contributed by atoms with Crippen molar-refractivity contribution in [1.29, 1.82) is 0 Å². The molecule has 0 radical (unpaired) electrons. The van der Waals surface area contributed by atoms with Gasteiger partial charge in [0.1, 0.15) is 31.3 Å². The molecule has 0 saturated carbocycles. The Morgan fingerprint density at radius 2 is 1.49 bits per heavy atom. The molecule has 0 aliphatic carbocycles. The van der Waals surface area contributed by atoms with E-state index in [-0.39, 0.29) is 11.9 Å². The number of benzene rings is 3. The largest absolute Gasteiger partial charge is 0.488 e. The fraction of sp³-hybridized carbons (Fsp3) is 0.345. The lowest BCUT2D eigenvalue weighted by atomic mass is 9.82. The number of carbonyl (C=O) groups is 1. The fourth-order valence-electron chi connectivity index (χ4n) is 5.54. The highest BCUT2D eigenvalue weighted by atomic mass is 19.1. The standard InChI is InChI=1S/C29H31FNO4/c30-25-11-13-26(14-12-25)34-20-19-31-17-15-22(16-18-31)27(21-31)35-28(32)29(33,23-7-3-1-4-8-23)24-9-5-2-6-10-24/h1-14,22,27,33H,15-21H2/q+1. The second-order valence-corrected chi connectivity index (χ2v) is 9.72. The zero-order chi connectivity index (χ0) is 24.3. The maximum absolute atomic E-state index is 13.6. The number of hydrogen-bond donors (Lipinski definition) is 1. The molecule has 6 rings (SSSR count). The van der Waals surface area contributed by atoms with E-state index >= 15 is 0 Å². The number of esters is 1. The van der Waals surface area contributed by atoms with Gasteiger partial charge in [0.2, 0.25) is 5.60 Å². The molecule has 0 amide bonds. The summed E-state index contributed by atoms with van der Waals surface area (Å²) in [5.41, 5.74) is -0.881. The van der Waals surface area contributed by atoms with E-state index in [0.29, 0.717) is 35.9 Å². The predicted octanol–water partition coefficient (Wildman–Crippen LogP) is 4.29. The number of hydrogen-bond acceptors (Lipinski definition) is 4. The molecule has 3 aromatic rings. The molecule has 2 bridgehead atoms. The molecular weight excluding hydrogens is 445 g/mol. The summed E-state index contributed by atoms with van der Waals surface area (Å²) in [4.78, 5) is 13.6. The van der Waals surface area contributed by atoms with E-state index in [4.69, 9.17) is 9.47 Å². The van der Waals surface area contributed by atoms with Gasteiger partial charge in [-0.15, -0.1) is 0 Å². The van der Waals surface area contributed by atoms with Gasteiger partial charge in [-0.05, 0) is 35.4 Å². The van der Waals surface area contributed by atoms with E-state index in [1.165, 1.54) is 12.1 Å². The van der Waals surface area contributed by atoms with Crippen LogP contribution in [0.1, 0.15) is 24.0 Å². The van der Waals surface area contributed by atoms with Crippen LogP contribution < -0.4 is 4.74 Å². The molecule has 1 atom stereocenters. The summed E-state index contributed by atoms with van der Waals surface area (Å²) >= 11 is 0. The lowest BCUT2D eigenvalue weighted by molar-refractivity contribution is -0.946. The summed E-state index contributed by atoms with van der Waals surface area (Å²) in [5.74, 6) is 0.0327. The Kier molecular flexibility index (Phi) is 6.58. The number of halogens is 1. The first kappa shape index (κ1) is 23.5. The van der Waals surface area contributed by atoms with Crippen LogP contribution in [0.2, 0.25) is 0 Å². The molecule has 3 fully saturated rings. The van der Waals surface area contributed by atoms with E-state index in [1.54, 1.807) is 36.4 Å². The molecule has 3 aliphatic rings. The Morgan fingerprint density at radius 3 is 2.06 bits per heavy atom. The molecule has 3 aromatic carbocycles. The van der Waals surface area contributed by atoms with E-state index in [9.17, 15) is 14.3 Å². The Balaban J connectivity index is 1.30. The highest BCUT2D eigenvalue weighted by Gasteiger charge is 2.50. The first-order valence-corrected chi connectivity index (χ1v) is 12.3. The van der Waals surface area contributed by atoms with Crippen LogP contribution in [0.15, 0.2) is 84.9 Å². The SMILES string of the molecule is O=C(OC1C[N+]2(CCOc3ccc(F)cc3)CCC1CC2)C(O)(c1ccccc1)c1ccccc1. The lowest BCUT2D eigenvalue weighted by Crippen LogP contribution is -2.65. The van der Waals surface area contributed by atoms with Crippen molar-refractivity contribution >= 4 is 5.97 Å². The first-order chi connectivity index (χ1) is 17.0. The molecule has 1 unspecified atom stereocenters. The van der Waals surface area contributed by atoms with Crippen LogP contribution in [-0.4, -0.2) is 54.4 Å². The van der Waals surface area contributed by atoms with Gasteiger partial charge < -0.3 is 19.1 Å². The van der Waals surface area contributed by atoms with Crippen molar-refractivity contribution < 1.29 is 28.2 Å². The summed E-state index contributed by atoms with van der Waals surface area (Å²) in [5, 5.41) is 11.7. The van der Waals surface area contributed by atoms with Gasteiger partial charge >= 0.3 is 5.97 Å². The van der Waals surface area contributed by atoms with Crippen LogP contribution in [0.3, 0.4) is 0 Å². The highest BCUT2D eigenvalue weighted by Crippen LogP contribution is 2.38. The van der Waals surface area contributed by atoms with E-state index in [0.717, 1.165) is 37.0 Å². The Labute approximate surface area is 205 Å². The zero-order valence-electron chi connectivity index (χ0n) is 19.7. The van der Waals surface area contributed by atoms with E-state index in [1.807, 2.05) is 36.4 Å². The van der Waals surface area contributed by atoms with Crippen LogP contribution in [0.5, 0.6) is 5.75 Å². The van der Waals surface area contributed by atoms with Crippen LogP contribution in [0.4, 0.5) is 4.39 Å². The topological polar surface area (TPSA) is 55.8 Å². The molecule has 1 N–H and O–H groups in total. The summed E-state index contributed by atoms with van der Waals surface area (Å²) in [7, 11) is 0. The maximum Gasteiger partial charge on any atom is 0.348 e. The van der Waals surface area contributed by atoms with Gasteiger partial charge in [-0.1, -0.05) is 60.7 Å². The second-order valence-electron chi connectivity index (χ2n) is 9.72. The average Bonchev–Trinajstić information content (AvgIpc) is 2.91. The normalized spacial score (nSPS) is 23.6. The Bertz CT molecular complexity index is 1090. The molecule has 0 aromatic heterocycles. The number of fused-ring (bicyclic) bond motifs is 3. The van der Waals surface area contributed by atoms with Gasteiger partial charge in [0.25, 0.3) is 0 Å². The van der Waals surface area contributed by atoms with Gasteiger partial charge in [-0.25, -0.2) is 9.18 Å². The van der Waals surface area contributed by atoms with Crippen LogP contribution in [-0.2, 0) is 15.1 Å². The average molecular weight is 477 g/mol. The van der Waals surface area contributed by atoms with Crippen molar-refractivity contribution in [2.45, 2.75) is 24.5 Å². The minimum atomic E-state index is -1.87. The zero-order valence-corrected chi connectivity index (χ0v) is 19.7. The van der Waals surface area contributed by atoms with Crippen molar-refractivity contribution in [2.24, 2.45) is 5.92 Å².